The Balaban J connectivity index is 1.98. The van der Waals surface area contributed by atoms with Gasteiger partial charge in [-0.1, -0.05) is 0 Å². The van der Waals surface area contributed by atoms with Crippen molar-refractivity contribution in [2.45, 2.75) is 39.7 Å². The molecule has 1 saturated heterocycles. The summed E-state index contributed by atoms with van der Waals surface area (Å²) in [7, 11) is 0. The number of likely N-dealkylation sites (tertiary alicyclic amines) is 1. The summed E-state index contributed by atoms with van der Waals surface area (Å²) in [4.78, 5) is 55.5. The molecule has 1 fully saturated rings. The predicted octanol–water partition coefficient (Wildman–Crippen LogP) is 0.555. The van der Waals surface area contributed by atoms with E-state index in [1.54, 1.807) is 25.7 Å². The third-order valence-electron chi connectivity index (χ3n) is 5.35. The van der Waals surface area contributed by atoms with E-state index in [1.165, 1.54) is 4.57 Å². The van der Waals surface area contributed by atoms with Crippen LogP contribution in [-0.2, 0) is 30.3 Å². The normalized spacial score (nSPS) is 19.7. The van der Waals surface area contributed by atoms with Crippen molar-refractivity contribution in [1.29, 1.82) is 0 Å². The van der Waals surface area contributed by atoms with Gasteiger partial charge in [-0.15, -0.1) is 0 Å². The molecule has 0 amide bonds. The van der Waals surface area contributed by atoms with Crippen molar-refractivity contribution in [1.82, 2.24) is 14.5 Å². The highest BCUT2D eigenvalue weighted by Gasteiger charge is 2.39. The molecule has 2 atom stereocenters. The minimum atomic E-state index is -0.880. The van der Waals surface area contributed by atoms with Gasteiger partial charge in [-0.05, 0) is 33.1 Å². The lowest BCUT2D eigenvalue weighted by molar-refractivity contribution is -0.143. The number of piperidine rings is 1. The second-order valence-electron chi connectivity index (χ2n) is 7.51. The first-order valence-corrected chi connectivity index (χ1v) is 10.6. The summed E-state index contributed by atoms with van der Waals surface area (Å²) in [6.07, 6.45) is 1.79. The van der Waals surface area contributed by atoms with Crippen molar-refractivity contribution in [3.05, 3.63) is 33.6 Å². The largest absolute Gasteiger partial charge is 0.501 e. The first-order valence-electron chi connectivity index (χ1n) is 10.6. The Morgan fingerprint density at radius 1 is 1.06 bits per heavy atom. The highest BCUT2D eigenvalue weighted by atomic mass is 16.5. The molecule has 0 radical (unpaired) electrons. The zero-order valence-corrected chi connectivity index (χ0v) is 18.3. The van der Waals surface area contributed by atoms with Gasteiger partial charge in [0.05, 0.1) is 25.9 Å². The number of fused-ring (bicyclic) bond motifs is 4. The van der Waals surface area contributed by atoms with Gasteiger partial charge in [0.15, 0.2) is 5.69 Å². The molecule has 0 saturated carbocycles. The lowest BCUT2D eigenvalue weighted by Crippen LogP contribution is -2.48. The summed E-state index contributed by atoms with van der Waals surface area (Å²) in [6.45, 7) is 6.22. The Morgan fingerprint density at radius 3 is 2.41 bits per heavy atom. The van der Waals surface area contributed by atoms with Gasteiger partial charge in [0.1, 0.15) is 11.5 Å². The van der Waals surface area contributed by atoms with Crippen LogP contribution in [0.25, 0.3) is 0 Å². The maximum Gasteiger partial charge on any atom is 0.361 e. The van der Waals surface area contributed by atoms with Gasteiger partial charge in [0.2, 0.25) is 5.75 Å². The lowest BCUT2D eigenvalue weighted by atomic mass is 9.84. The van der Waals surface area contributed by atoms with Gasteiger partial charge in [0.25, 0.3) is 5.56 Å². The fraction of sp³-hybridized carbons (Fsp3) is 0.571. The molecule has 2 bridgehead atoms. The molecule has 1 aromatic rings. The summed E-state index contributed by atoms with van der Waals surface area (Å²) in [6, 6.07) is 0. The standard InChI is InChI=1S/C21H27N3O8/c1-4-30-15(25)8-14(20(28)31-5-2)23-9-12-7-13(11-23)18-22-16(21(29)32-6-3)17(26)19(27)24(18)10-12/h8,12-13,26H,4-7,9-11H2,1-3H3/b14-8+. The Kier molecular flexibility index (Phi) is 7.16. The smallest absolute Gasteiger partial charge is 0.361 e. The van der Waals surface area contributed by atoms with E-state index in [4.69, 9.17) is 14.2 Å². The lowest BCUT2D eigenvalue weighted by Gasteiger charge is -2.43. The van der Waals surface area contributed by atoms with E-state index in [0.717, 1.165) is 6.08 Å². The van der Waals surface area contributed by atoms with E-state index >= 15 is 0 Å². The number of carbonyl (C=O) groups excluding carboxylic acids is 3. The van der Waals surface area contributed by atoms with Gasteiger partial charge in [-0.3, -0.25) is 9.36 Å². The molecule has 11 heteroatoms. The van der Waals surface area contributed by atoms with Gasteiger partial charge >= 0.3 is 17.9 Å². The van der Waals surface area contributed by atoms with E-state index in [0.29, 0.717) is 18.8 Å². The number of aromatic nitrogens is 2. The first-order chi connectivity index (χ1) is 15.3. The molecular formula is C21H27N3O8. The van der Waals surface area contributed by atoms with Gasteiger partial charge in [-0.25, -0.2) is 19.4 Å². The molecule has 3 rings (SSSR count). The number of nitrogens with zero attached hydrogens (tertiary/aromatic N) is 3. The number of rotatable bonds is 7. The van der Waals surface area contributed by atoms with Crippen molar-refractivity contribution >= 4 is 17.9 Å². The van der Waals surface area contributed by atoms with Crippen LogP contribution in [0.1, 0.15) is 49.4 Å². The maximum absolute atomic E-state index is 12.7. The average molecular weight is 449 g/mol. The zero-order chi connectivity index (χ0) is 23.4. The monoisotopic (exact) mass is 449 g/mol. The van der Waals surface area contributed by atoms with Gasteiger partial charge < -0.3 is 24.2 Å². The van der Waals surface area contributed by atoms with Crippen molar-refractivity contribution in [3.8, 4) is 5.75 Å². The molecule has 0 aromatic carbocycles. The predicted molar refractivity (Wildman–Crippen MR) is 110 cm³/mol. The number of hydrogen-bond acceptors (Lipinski definition) is 10. The minimum Gasteiger partial charge on any atom is -0.501 e. The second kappa shape index (κ2) is 9.84. The van der Waals surface area contributed by atoms with Crippen LogP contribution in [0.2, 0.25) is 0 Å². The molecule has 1 N–H and O–H groups in total. The molecule has 2 unspecified atom stereocenters. The van der Waals surface area contributed by atoms with E-state index in [2.05, 4.69) is 4.98 Å². The molecule has 2 aliphatic rings. The molecule has 0 spiro atoms. The summed E-state index contributed by atoms with van der Waals surface area (Å²) in [5.41, 5.74) is -1.06. The minimum absolute atomic E-state index is 0.0476. The van der Waals surface area contributed by atoms with Crippen LogP contribution in [0, 0.1) is 5.92 Å². The Morgan fingerprint density at radius 2 is 1.75 bits per heavy atom. The SMILES string of the molecule is CCOC(=O)/C=C(\C(=O)OCC)N1CC2CC(C1)c1nc(C(=O)OCC)c(O)c(=O)n1C2. The number of ether oxygens (including phenoxy) is 3. The Hall–Kier alpha value is -3.37. The Bertz CT molecular complexity index is 999. The number of esters is 3. The zero-order valence-electron chi connectivity index (χ0n) is 18.3. The number of carbonyl (C=O) groups is 3. The van der Waals surface area contributed by atoms with Crippen LogP contribution in [0.4, 0.5) is 0 Å². The quantitative estimate of drug-likeness (QED) is 0.357. The van der Waals surface area contributed by atoms with Crippen molar-refractivity contribution < 1.29 is 33.7 Å². The third kappa shape index (κ3) is 4.61. The van der Waals surface area contributed by atoms with Crippen LogP contribution >= 0.6 is 0 Å². The van der Waals surface area contributed by atoms with E-state index < -0.39 is 34.9 Å². The summed E-state index contributed by atoms with van der Waals surface area (Å²) in [5.74, 6) is -2.96. The van der Waals surface area contributed by atoms with Gasteiger partial charge in [-0.2, -0.15) is 0 Å². The second-order valence-corrected chi connectivity index (χ2v) is 7.51. The van der Waals surface area contributed by atoms with Crippen LogP contribution in [0.3, 0.4) is 0 Å². The van der Waals surface area contributed by atoms with Crippen LogP contribution in [-0.4, -0.2) is 70.4 Å². The first kappa shape index (κ1) is 23.3. The molecule has 32 heavy (non-hydrogen) atoms. The fourth-order valence-electron chi connectivity index (χ4n) is 4.15. The van der Waals surface area contributed by atoms with Crippen LogP contribution in [0.5, 0.6) is 5.75 Å². The van der Waals surface area contributed by atoms with Crippen LogP contribution in [0.15, 0.2) is 16.6 Å². The van der Waals surface area contributed by atoms with E-state index in [1.807, 2.05) is 0 Å². The summed E-state index contributed by atoms with van der Waals surface area (Å²) >= 11 is 0. The van der Waals surface area contributed by atoms with Crippen molar-refractivity contribution in [3.63, 3.8) is 0 Å². The van der Waals surface area contributed by atoms with Gasteiger partial charge in [0, 0.05) is 25.6 Å². The van der Waals surface area contributed by atoms with E-state index in [9.17, 15) is 24.3 Å². The highest BCUT2D eigenvalue weighted by molar-refractivity contribution is 5.96. The third-order valence-corrected chi connectivity index (χ3v) is 5.35. The Labute approximate surface area is 184 Å². The summed E-state index contributed by atoms with van der Waals surface area (Å²) in [5, 5.41) is 10.2. The maximum atomic E-state index is 12.7. The molecule has 0 aliphatic carbocycles. The number of aromatic hydroxyl groups is 1. The molecular weight excluding hydrogens is 422 g/mol. The summed E-state index contributed by atoms with van der Waals surface area (Å²) < 4.78 is 16.3. The molecule has 1 aromatic heterocycles. The fourth-order valence-corrected chi connectivity index (χ4v) is 4.15. The van der Waals surface area contributed by atoms with Crippen molar-refractivity contribution in [2.75, 3.05) is 32.9 Å². The molecule has 3 heterocycles. The van der Waals surface area contributed by atoms with Crippen molar-refractivity contribution in [2.24, 2.45) is 5.92 Å². The molecule has 11 nitrogen and oxygen atoms in total. The average Bonchev–Trinajstić information content (AvgIpc) is 2.75. The topological polar surface area (TPSA) is 137 Å². The molecule has 2 aliphatic heterocycles. The van der Waals surface area contributed by atoms with Crippen LogP contribution < -0.4 is 5.56 Å². The molecule has 174 valence electrons. The number of hydrogen-bond donors (Lipinski definition) is 1. The van der Waals surface area contributed by atoms with E-state index in [-0.39, 0.29) is 50.4 Å². The highest BCUT2D eigenvalue weighted by Crippen LogP contribution is 2.36.